The third-order valence-corrected chi connectivity index (χ3v) is 3.70. The molecule has 1 unspecified atom stereocenters. The van der Waals surface area contributed by atoms with E-state index in [1.54, 1.807) is 6.26 Å². The molecule has 0 spiro atoms. The average molecular weight is 281 g/mol. The predicted octanol–water partition coefficient (Wildman–Crippen LogP) is 1.88. The number of amidine groups is 1. The minimum atomic E-state index is -0.966. The van der Waals surface area contributed by atoms with Gasteiger partial charge in [0, 0.05) is 12.5 Å². The quantitative estimate of drug-likeness (QED) is 0.307. The highest BCUT2D eigenvalue weighted by atomic mass is 16.4. The zero-order valence-corrected chi connectivity index (χ0v) is 12.2. The number of amides is 1. The molecule has 1 amide bonds. The zero-order valence-electron chi connectivity index (χ0n) is 12.2. The number of nitrogens with one attached hydrogen (secondary N) is 1. The fraction of sp³-hybridized carbons (Fsp3) is 0.571. The van der Waals surface area contributed by atoms with Crippen LogP contribution < -0.4 is 11.1 Å². The smallest absolute Gasteiger partial charge is 0.234 e. The Morgan fingerprint density at radius 1 is 1.55 bits per heavy atom. The van der Waals surface area contributed by atoms with E-state index in [0.29, 0.717) is 19.3 Å². The van der Waals surface area contributed by atoms with E-state index in [-0.39, 0.29) is 17.8 Å². The number of carbonyl (C=O) groups excluding carboxylic acids is 1. The first-order valence-corrected chi connectivity index (χ1v) is 6.81. The first-order chi connectivity index (χ1) is 9.50. The van der Waals surface area contributed by atoms with Crippen LogP contribution in [0, 0.1) is 5.41 Å². The summed E-state index contributed by atoms with van der Waals surface area (Å²) in [5.41, 5.74) is 4.74. The van der Waals surface area contributed by atoms with Gasteiger partial charge in [-0.3, -0.25) is 4.79 Å². The summed E-state index contributed by atoms with van der Waals surface area (Å²) < 4.78 is 5.25. The lowest BCUT2D eigenvalue weighted by molar-refractivity contribution is -0.128. The molecule has 0 aliphatic carbocycles. The molecule has 0 aromatic carbocycles. The van der Waals surface area contributed by atoms with Crippen LogP contribution in [0.2, 0.25) is 0 Å². The summed E-state index contributed by atoms with van der Waals surface area (Å²) >= 11 is 0. The summed E-state index contributed by atoms with van der Waals surface area (Å²) in [6.07, 6.45) is 3.14. The summed E-state index contributed by atoms with van der Waals surface area (Å²) in [6.45, 7) is 5.58. The summed E-state index contributed by atoms with van der Waals surface area (Å²) in [5.74, 6) is 0.530. The highest BCUT2D eigenvalue weighted by molar-refractivity contribution is 6.06. The van der Waals surface area contributed by atoms with E-state index in [0.717, 1.165) is 5.76 Å². The number of carbonyl (C=O) groups is 1. The van der Waals surface area contributed by atoms with E-state index < -0.39 is 5.41 Å². The first-order valence-electron chi connectivity index (χ1n) is 6.81. The second-order valence-electron chi connectivity index (χ2n) is 4.93. The molecule has 0 bridgehead atoms. The van der Waals surface area contributed by atoms with Crippen LogP contribution in [-0.2, 0) is 11.2 Å². The topological polar surface area (TPSA) is 101 Å². The maximum atomic E-state index is 12.5. The third-order valence-electron chi connectivity index (χ3n) is 3.70. The van der Waals surface area contributed by atoms with Gasteiger partial charge in [-0.15, -0.1) is 0 Å². The van der Waals surface area contributed by atoms with Gasteiger partial charge in [0.25, 0.3) is 0 Å². The Bertz CT molecular complexity index is 450. The first kappa shape index (κ1) is 16.1. The van der Waals surface area contributed by atoms with Gasteiger partial charge in [0.15, 0.2) is 5.84 Å². The molecule has 1 rings (SSSR count). The molecule has 0 aliphatic heterocycles. The molecule has 1 atom stereocenters. The van der Waals surface area contributed by atoms with Gasteiger partial charge in [0.05, 0.1) is 6.26 Å². The van der Waals surface area contributed by atoms with Crippen molar-refractivity contribution in [2.45, 2.75) is 46.1 Å². The van der Waals surface area contributed by atoms with E-state index >= 15 is 0 Å². The molecule has 6 nitrogen and oxygen atoms in total. The predicted molar refractivity (Wildman–Crippen MR) is 76.4 cm³/mol. The Balaban J connectivity index is 2.76. The third kappa shape index (κ3) is 3.31. The lowest BCUT2D eigenvalue weighted by Crippen LogP contribution is -2.51. The lowest BCUT2D eigenvalue weighted by Gasteiger charge is -2.30. The van der Waals surface area contributed by atoms with Crippen molar-refractivity contribution in [3.8, 4) is 0 Å². The number of nitrogens with zero attached hydrogens (tertiary/aromatic N) is 1. The molecule has 6 heteroatoms. The molecule has 0 saturated carbocycles. The van der Waals surface area contributed by atoms with Crippen molar-refractivity contribution in [2.75, 3.05) is 0 Å². The Morgan fingerprint density at radius 2 is 2.20 bits per heavy atom. The van der Waals surface area contributed by atoms with Crippen molar-refractivity contribution < 1.29 is 14.4 Å². The molecule has 20 heavy (non-hydrogen) atoms. The summed E-state index contributed by atoms with van der Waals surface area (Å²) in [6, 6.07) is 3.57. The summed E-state index contributed by atoms with van der Waals surface area (Å²) in [7, 11) is 0. The number of hydrogen-bond donors (Lipinski definition) is 3. The van der Waals surface area contributed by atoms with Gasteiger partial charge >= 0.3 is 0 Å². The molecule has 112 valence electrons. The molecule has 0 fully saturated rings. The largest absolute Gasteiger partial charge is 0.469 e. The molecule has 1 aromatic heterocycles. The maximum Gasteiger partial charge on any atom is 0.234 e. The average Bonchev–Trinajstić information content (AvgIpc) is 2.92. The summed E-state index contributed by atoms with van der Waals surface area (Å²) in [5, 5.41) is 14.8. The minimum absolute atomic E-state index is 0.0507. The van der Waals surface area contributed by atoms with Crippen LogP contribution >= 0.6 is 0 Å². The fourth-order valence-electron chi connectivity index (χ4n) is 2.29. The van der Waals surface area contributed by atoms with Gasteiger partial charge in [0.1, 0.15) is 11.2 Å². The van der Waals surface area contributed by atoms with E-state index in [9.17, 15) is 4.79 Å². The van der Waals surface area contributed by atoms with E-state index in [4.69, 9.17) is 15.4 Å². The number of nitrogens with two attached hydrogens (primary N) is 1. The monoisotopic (exact) mass is 281 g/mol. The Kier molecular flexibility index (Phi) is 5.61. The molecule has 0 radical (unpaired) electrons. The molecule has 1 heterocycles. The van der Waals surface area contributed by atoms with E-state index in [2.05, 4.69) is 10.5 Å². The Hall–Kier alpha value is -1.98. The van der Waals surface area contributed by atoms with E-state index in [1.165, 1.54) is 0 Å². The van der Waals surface area contributed by atoms with Crippen molar-refractivity contribution >= 4 is 11.7 Å². The molecule has 0 aliphatic rings. The number of hydrogen-bond acceptors (Lipinski definition) is 4. The van der Waals surface area contributed by atoms with E-state index in [1.807, 2.05) is 32.9 Å². The normalized spacial score (nSPS) is 14.1. The van der Waals surface area contributed by atoms with Crippen molar-refractivity contribution in [3.63, 3.8) is 0 Å². The molecule has 4 N–H and O–H groups in total. The van der Waals surface area contributed by atoms with Crippen LogP contribution in [0.4, 0.5) is 0 Å². The number of rotatable bonds is 7. The van der Waals surface area contributed by atoms with Crippen LogP contribution in [0.15, 0.2) is 28.0 Å². The second-order valence-corrected chi connectivity index (χ2v) is 4.93. The van der Waals surface area contributed by atoms with Gasteiger partial charge < -0.3 is 20.7 Å². The number of oxime groups is 1. The van der Waals surface area contributed by atoms with Crippen molar-refractivity contribution in [1.82, 2.24) is 5.32 Å². The highest BCUT2D eigenvalue weighted by Crippen LogP contribution is 2.27. The van der Waals surface area contributed by atoms with Crippen LogP contribution in [0.1, 0.15) is 39.4 Å². The van der Waals surface area contributed by atoms with Gasteiger partial charge in [-0.2, -0.15) is 0 Å². The zero-order chi connectivity index (χ0) is 15.2. The van der Waals surface area contributed by atoms with Crippen LogP contribution in [0.5, 0.6) is 0 Å². The second kappa shape index (κ2) is 6.98. The molecular formula is C14H23N3O3. The Morgan fingerprint density at radius 3 is 2.65 bits per heavy atom. The maximum absolute atomic E-state index is 12.5. The minimum Gasteiger partial charge on any atom is -0.469 e. The van der Waals surface area contributed by atoms with Crippen molar-refractivity contribution in [3.05, 3.63) is 24.2 Å². The Labute approximate surface area is 119 Å². The van der Waals surface area contributed by atoms with Crippen LogP contribution in [-0.4, -0.2) is 23.0 Å². The van der Waals surface area contributed by atoms with Gasteiger partial charge in [0.2, 0.25) is 5.91 Å². The highest BCUT2D eigenvalue weighted by Gasteiger charge is 2.40. The lowest BCUT2D eigenvalue weighted by atomic mass is 9.80. The van der Waals surface area contributed by atoms with Crippen LogP contribution in [0.25, 0.3) is 0 Å². The molecule has 0 saturated heterocycles. The SMILES string of the molecule is CCC(CC)(C(=O)NC(C)Cc1ccco1)C(N)=NO. The van der Waals surface area contributed by atoms with Gasteiger partial charge in [-0.1, -0.05) is 19.0 Å². The van der Waals surface area contributed by atoms with Crippen LogP contribution in [0.3, 0.4) is 0 Å². The van der Waals surface area contributed by atoms with Gasteiger partial charge in [-0.25, -0.2) is 0 Å². The van der Waals surface area contributed by atoms with Gasteiger partial charge in [-0.05, 0) is 31.9 Å². The van der Waals surface area contributed by atoms with Crippen molar-refractivity contribution in [1.29, 1.82) is 0 Å². The number of furan rings is 1. The molecular weight excluding hydrogens is 258 g/mol. The standard InChI is InChI=1S/C14H23N3O3/c1-4-14(5-2,12(15)17-19)13(18)16-10(3)9-11-7-6-8-20-11/h6-8,10,19H,4-5,9H2,1-3H3,(H2,15,17)(H,16,18). The van der Waals surface area contributed by atoms with Crippen molar-refractivity contribution in [2.24, 2.45) is 16.3 Å². The molecule has 1 aromatic rings. The fourth-order valence-corrected chi connectivity index (χ4v) is 2.29. The summed E-state index contributed by atoms with van der Waals surface area (Å²) in [4.78, 5) is 12.5.